The highest BCUT2D eigenvalue weighted by Crippen LogP contribution is 1.94. The first kappa shape index (κ1) is 13.8. The average Bonchev–Trinajstić information content (AvgIpc) is 1.96. The normalized spacial score (nSPS) is 13.4. The molecule has 0 aromatic rings. The summed E-state index contributed by atoms with van der Waals surface area (Å²) in [6.45, 7) is 3.22. The monoisotopic (exact) mass is 244 g/mol. The number of rotatable bonds is 6. The van der Waals surface area contributed by atoms with E-state index in [1.54, 1.807) is 13.8 Å². The zero-order chi connectivity index (χ0) is 11.4. The lowest BCUT2D eigenvalue weighted by molar-refractivity contribution is 0.567. The van der Waals surface area contributed by atoms with Crippen molar-refractivity contribution in [2.45, 2.75) is 19.1 Å². The summed E-state index contributed by atoms with van der Waals surface area (Å²) in [6.07, 6.45) is 1.02. The summed E-state index contributed by atoms with van der Waals surface area (Å²) >= 11 is 0. The maximum absolute atomic E-state index is 11.2. The first-order chi connectivity index (χ1) is 6.15. The third kappa shape index (κ3) is 6.30. The van der Waals surface area contributed by atoms with E-state index >= 15 is 0 Å². The predicted octanol–water partition coefficient (Wildman–Crippen LogP) is -1.14. The second-order valence-electron chi connectivity index (χ2n) is 3.15. The maximum atomic E-state index is 11.2. The van der Waals surface area contributed by atoms with E-state index in [2.05, 4.69) is 9.44 Å². The molecule has 0 amide bonds. The molecule has 86 valence electrons. The van der Waals surface area contributed by atoms with Crippen LogP contribution in [-0.4, -0.2) is 41.4 Å². The fourth-order valence-electron chi connectivity index (χ4n) is 0.596. The molecule has 0 spiro atoms. The zero-order valence-corrected chi connectivity index (χ0v) is 10.1. The highest BCUT2D eigenvalue weighted by molar-refractivity contribution is 7.90. The van der Waals surface area contributed by atoms with Gasteiger partial charge in [-0.05, 0) is 13.8 Å². The van der Waals surface area contributed by atoms with Crippen LogP contribution in [0.4, 0.5) is 0 Å². The van der Waals surface area contributed by atoms with Crippen LogP contribution in [0.15, 0.2) is 0 Å². The smallest absolute Gasteiger partial charge is 0.213 e. The van der Waals surface area contributed by atoms with Gasteiger partial charge < -0.3 is 0 Å². The van der Waals surface area contributed by atoms with Crippen molar-refractivity contribution < 1.29 is 16.8 Å². The molecule has 0 aromatic carbocycles. The van der Waals surface area contributed by atoms with Crippen LogP contribution in [0.2, 0.25) is 0 Å². The molecule has 0 aliphatic heterocycles. The SMILES string of the molecule is CC(C)S(=O)(=O)NCCNS(C)(=O)=O. The summed E-state index contributed by atoms with van der Waals surface area (Å²) in [5.41, 5.74) is 0. The van der Waals surface area contributed by atoms with Gasteiger partial charge in [-0.2, -0.15) is 0 Å². The minimum absolute atomic E-state index is 0.0603. The molecule has 14 heavy (non-hydrogen) atoms. The minimum atomic E-state index is -3.30. The van der Waals surface area contributed by atoms with Crippen molar-refractivity contribution in [3.63, 3.8) is 0 Å². The van der Waals surface area contributed by atoms with Crippen LogP contribution >= 0.6 is 0 Å². The molecule has 0 atom stereocenters. The third-order valence-corrected chi connectivity index (χ3v) is 3.99. The van der Waals surface area contributed by atoms with Gasteiger partial charge in [0.25, 0.3) is 0 Å². The molecule has 0 radical (unpaired) electrons. The van der Waals surface area contributed by atoms with Crippen molar-refractivity contribution in [1.82, 2.24) is 9.44 Å². The van der Waals surface area contributed by atoms with Crippen molar-refractivity contribution in [3.8, 4) is 0 Å². The van der Waals surface area contributed by atoms with Crippen LogP contribution in [0.3, 0.4) is 0 Å². The molecule has 0 fully saturated rings. The summed E-state index contributed by atoms with van der Waals surface area (Å²) < 4.78 is 48.0. The van der Waals surface area contributed by atoms with Gasteiger partial charge in [-0.3, -0.25) is 0 Å². The fourth-order valence-corrected chi connectivity index (χ4v) is 1.79. The second kappa shape index (κ2) is 5.06. The fraction of sp³-hybridized carbons (Fsp3) is 1.00. The Kier molecular flexibility index (Phi) is 4.99. The van der Waals surface area contributed by atoms with Gasteiger partial charge >= 0.3 is 0 Å². The van der Waals surface area contributed by atoms with Gasteiger partial charge in [0.05, 0.1) is 11.5 Å². The summed E-state index contributed by atoms with van der Waals surface area (Å²) in [5, 5.41) is -0.513. The van der Waals surface area contributed by atoms with Crippen molar-refractivity contribution in [3.05, 3.63) is 0 Å². The number of nitrogens with one attached hydrogen (secondary N) is 2. The van der Waals surface area contributed by atoms with Gasteiger partial charge in [0.2, 0.25) is 20.0 Å². The van der Waals surface area contributed by atoms with E-state index in [4.69, 9.17) is 0 Å². The van der Waals surface area contributed by atoms with E-state index in [0.717, 1.165) is 6.26 Å². The standard InChI is InChI=1S/C6H16N2O4S2/c1-6(2)14(11,12)8-5-4-7-13(3,9)10/h6-8H,4-5H2,1-3H3. The Hall–Kier alpha value is -0.180. The van der Waals surface area contributed by atoms with E-state index in [-0.39, 0.29) is 13.1 Å². The molecular formula is C6H16N2O4S2. The zero-order valence-electron chi connectivity index (χ0n) is 8.44. The quantitative estimate of drug-likeness (QED) is 0.578. The van der Waals surface area contributed by atoms with Crippen LogP contribution in [0, 0.1) is 0 Å². The first-order valence-corrected chi connectivity index (χ1v) is 7.52. The molecule has 6 nitrogen and oxygen atoms in total. The van der Waals surface area contributed by atoms with Crippen LogP contribution in [0.25, 0.3) is 0 Å². The Bertz CT molecular complexity index is 357. The minimum Gasteiger partial charge on any atom is -0.214 e. The largest absolute Gasteiger partial charge is 0.214 e. The summed E-state index contributed by atoms with van der Waals surface area (Å²) in [6, 6.07) is 0. The van der Waals surface area contributed by atoms with Crippen LogP contribution in [0.1, 0.15) is 13.8 Å². The Morgan fingerprint density at radius 2 is 1.43 bits per heavy atom. The molecule has 0 aliphatic carbocycles. The Morgan fingerprint density at radius 1 is 1.00 bits per heavy atom. The Labute approximate surface area is 85.2 Å². The molecule has 0 aromatic heterocycles. The summed E-state index contributed by atoms with van der Waals surface area (Å²) in [5.74, 6) is 0. The molecule has 0 aliphatic rings. The lowest BCUT2D eigenvalue weighted by Gasteiger charge is -2.09. The summed E-state index contributed by atoms with van der Waals surface area (Å²) in [7, 11) is -6.55. The van der Waals surface area contributed by atoms with Crippen molar-refractivity contribution in [2.75, 3.05) is 19.3 Å². The third-order valence-electron chi connectivity index (χ3n) is 1.41. The number of hydrogen-bond donors (Lipinski definition) is 2. The topological polar surface area (TPSA) is 92.3 Å². The lowest BCUT2D eigenvalue weighted by atomic mass is 10.6. The highest BCUT2D eigenvalue weighted by atomic mass is 32.2. The van der Waals surface area contributed by atoms with Crippen molar-refractivity contribution in [1.29, 1.82) is 0 Å². The second-order valence-corrected chi connectivity index (χ2v) is 7.31. The Balaban J connectivity index is 3.88. The van der Waals surface area contributed by atoms with Gasteiger partial charge in [-0.1, -0.05) is 0 Å². The highest BCUT2D eigenvalue weighted by Gasteiger charge is 2.14. The molecule has 0 unspecified atom stereocenters. The molecule has 2 N–H and O–H groups in total. The van der Waals surface area contributed by atoms with Crippen LogP contribution < -0.4 is 9.44 Å². The molecule has 0 heterocycles. The molecule has 0 saturated heterocycles. The van der Waals surface area contributed by atoms with E-state index in [1.165, 1.54) is 0 Å². The van der Waals surface area contributed by atoms with Gasteiger partial charge in [0.1, 0.15) is 0 Å². The molecule has 0 bridgehead atoms. The number of sulfonamides is 2. The van der Waals surface area contributed by atoms with E-state index in [1.807, 2.05) is 0 Å². The maximum Gasteiger partial charge on any atom is 0.213 e. The average molecular weight is 244 g/mol. The Morgan fingerprint density at radius 3 is 1.79 bits per heavy atom. The van der Waals surface area contributed by atoms with E-state index < -0.39 is 25.3 Å². The lowest BCUT2D eigenvalue weighted by Crippen LogP contribution is -2.37. The molecule has 8 heteroatoms. The van der Waals surface area contributed by atoms with Gasteiger partial charge in [-0.15, -0.1) is 0 Å². The van der Waals surface area contributed by atoms with Gasteiger partial charge in [0, 0.05) is 13.1 Å². The number of hydrogen-bond acceptors (Lipinski definition) is 4. The van der Waals surface area contributed by atoms with E-state index in [9.17, 15) is 16.8 Å². The van der Waals surface area contributed by atoms with Crippen molar-refractivity contribution >= 4 is 20.0 Å². The van der Waals surface area contributed by atoms with E-state index in [0.29, 0.717) is 0 Å². The van der Waals surface area contributed by atoms with Crippen LogP contribution in [-0.2, 0) is 20.0 Å². The molecular weight excluding hydrogens is 228 g/mol. The molecule has 0 saturated carbocycles. The van der Waals surface area contributed by atoms with Gasteiger partial charge in [0.15, 0.2) is 0 Å². The van der Waals surface area contributed by atoms with Gasteiger partial charge in [-0.25, -0.2) is 26.3 Å². The molecule has 0 rings (SSSR count). The first-order valence-electron chi connectivity index (χ1n) is 4.08. The van der Waals surface area contributed by atoms with Crippen molar-refractivity contribution in [2.24, 2.45) is 0 Å². The van der Waals surface area contributed by atoms with Crippen LogP contribution in [0.5, 0.6) is 0 Å². The summed E-state index contributed by atoms with van der Waals surface area (Å²) in [4.78, 5) is 0. The predicted molar refractivity (Wildman–Crippen MR) is 54.9 cm³/mol.